The molecule has 12 N–H and O–H groups in total. The minimum atomic E-state index is -4.36. The predicted molar refractivity (Wildman–Crippen MR) is 160 cm³/mol. The second kappa shape index (κ2) is 15.9. The molecule has 0 radical (unpaired) electrons. The van der Waals surface area contributed by atoms with Gasteiger partial charge in [-0.1, -0.05) is 83.9 Å². The third-order valence-electron chi connectivity index (χ3n) is 5.06. The van der Waals surface area contributed by atoms with E-state index >= 15 is 0 Å². The summed E-state index contributed by atoms with van der Waals surface area (Å²) in [7, 11) is -8.72. The molecule has 14 heteroatoms. The van der Waals surface area contributed by atoms with E-state index < -0.39 is 20.2 Å². The maximum atomic E-state index is 10.8. The van der Waals surface area contributed by atoms with Crippen molar-refractivity contribution in [2.75, 3.05) is 0 Å². The Morgan fingerprint density at radius 3 is 0.810 bits per heavy atom. The fraction of sp³-hybridized carbons (Fsp3) is 0.0714. The molecule has 4 aromatic rings. The highest BCUT2D eigenvalue weighted by Crippen LogP contribution is 2.22. The van der Waals surface area contributed by atoms with Gasteiger partial charge in [0.25, 0.3) is 0 Å². The van der Waals surface area contributed by atoms with E-state index in [1.54, 1.807) is 24.3 Å². The maximum Gasteiger partial charge on any atom is 0.336 e. The Bertz CT molecular complexity index is 1540. The van der Waals surface area contributed by atoms with Crippen LogP contribution in [0.1, 0.15) is 11.1 Å². The van der Waals surface area contributed by atoms with Crippen molar-refractivity contribution >= 4 is 32.2 Å². The van der Waals surface area contributed by atoms with Gasteiger partial charge >= 0.3 is 11.9 Å². The molecule has 0 fully saturated rings. The van der Waals surface area contributed by atoms with Crippen LogP contribution in [0.15, 0.2) is 107 Å². The molecule has 0 aliphatic rings. The lowest BCUT2D eigenvalue weighted by atomic mass is 10.0. The van der Waals surface area contributed by atoms with Crippen LogP contribution in [0.25, 0.3) is 22.3 Å². The van der Waals surface area contributed by atoms with E-state index in [0.717, 1.165) is 33.4 Å². The maximum absolute atomic E-state index is 10.8. The van der Waals surface area contributed by atoms with Crippen LogP contribution >= 0.6 is 0 Å². The van der Waals surface area contributed by atoms with E-state index in [9.17, 15) is 25.9 Å². The first-order valence-electron chi connectivity index (χ1n) is 11.9. The highest BCUT2D eigenvalue weighted by molar-refractivity contribution is 7.86. The van der Waals surface area contributed by atoms with E-state index in [0.29, 0.717) is 0 Å². The highest BCUT2D eigenvalue weighted by Gasteiger charge is 2.03. The Kier molecular flexibility index (Phi) is 13.3. The van der Waals surface area contributed by atoms with Gasteiger partial charge in [-0.3, -0.25) is 33.8 Å². The molecule has 0 amide bonds. The Balaban J connectivity index is 0.000000336. The van der Waals surface area contributed by atoms with Gasteiger partial charge in [-0.05, 0) is 60.4 Å². The molecule has 42 heavy (non-hydrogen) atoms. The average Bonchev–Trinajstić information content (AvgIpc) is 2.89. The molecule has 4 aromatic carbocycles. The molecule has 0 bridgehead atoms. The van der Waals surface area contributed by atoms with Crippen molar-refractivity contribution in [2.24, 2.45) is 22.9 Å². The van der Waals surface area contributed by atoms with Gasteiger partial charge in [-0.2, -0.15) is 0 Å². The van der Waals surface area contributed by atoms with Crippen LogP contribution in [0.4, 0.5) is 0 Å². The quantitative estimate of drug-likeness (QED) is 0.0943. The second-order valence-electron chi connectivity index (χ2n) is 8.69. The van der Waals surface area contributed by atoms with Crippen LogP contribution in [0.3, 0.4) is 0 Å². The Morgan fingerprint density at radius 1 is 0.476 bits per heavy atom. The summed E-state index contributed by atoms with van der Waals surface area (Å²) in [5.74, 6) is -0.167. The summed E-state index contributed by atoms with van der Waals surface area (Å²) in [6.45, 7) is 3.99. The van der Waals surface area contributed by atoms with Crippen molar-refractivity contribution in [1.29, 1.82) is 0 Å². The van der Waals surface area contributed by atoms with Crippen LogP contribution in [0.2, 0.25) is 0 Å². The lowest BCUT2D eigenvalue weighted by Gasteiger charge is -2.08. The van der Waals surface area contributed by atoms with Crippen molar-refractivity contribution in [3.8, 4) is 22.3 Å². The van der Waals surface area contributed by atoms with Gasteiger partial charge in [0.1, 0.15) is 20.2 Å². The van der Waals surface area contributed by atoms with Crippen LogP contribution < -0.4 is 33.8 Å². The molecular formula is C28H34N6O6S2. The van der Waals surface area contributed by atoms with Crippen LogP contribution in [-0.2, 0) is 20.2 Å². The van der Waals surface area contributed by atoms with Gasteiger partial charge in [0, 0.05) is 0 Å². The van der Waals surface area contributed by atoms with Gasteiger partial charge < -0.3 is 9.11 Å². The molecule has 0 heterocycles. The van der Waals surface area contributed by atoms with Gasteiger partial charge in [0.2, 0.25) is 0 Å². The summed E-state index contributed by atoms with van der Waals surface area (Å²) in [6.07, 6.45) is 0. The SMILES string of the molecule is Cc1ccc(-c2ccc(S(=O)(=O)[O-])cc2)cc1.Cc1ccc(-c2ccc(S(=O)(=O)[O-])cc2)cc1.NC(N)=[NH2+].NC(N)=[NH2+]. The van der Waals surface area contributed by atoms with E-state index in [-0.39, 0.29) is 21.7 Å². The Morgan fingerprint density at radius 2 is 0.643 bits per heavy atom. The lowest BCUT2D eigenvalue weighted by molar-refractivity contribution is -0.117. The second-order valence-corrected chi connectivity index (χ2v) is 11.4. The van der Waals surface area contributed by atoms with Crippen molar-refractivity contribution in [3.63, 3.8) is 0 Å². The number of rotatable bonds is 4. The highest BCUT2D eigenvalue weighted by atomic mass is 32.2. The number of aryl methyl sites for hydroxylation is 2. The van der Waals surface area contributed by atoms with Gasteiger partial charge in [0.05, 0.1) is 9.79 Å². The molecule has 0 atom stereocenters. The van der Waals surface area contributed by atoms with Crippen LogP contribution in [0.5, 0.6) is 0 Å². The zero-order chi connectivity index (χ0) is 32.1. The smallest absolute Gasteiger partial charge is 0.336 e. The number of hydrogen-bond donors (Lipinski definition) is 6. The molecule has 0 unspecified atom stereocenters. The molecular weight excluding hydrogens is 580 g/mol. The Hall–Kier alpha value is -4.76. The molecule has 0 saturated heterocycles. The fourth-order valence-corrected chi connectivity index (χ4v) is 4.06. The van der Waals surface area contributed by atoms with Crippen LogP contribution in [-0.4, -0.2) is 37.9 Å². The van der Waals surface area contributed by atoms with E-state index in [2.05, 4.69) is 33.8 Å². The number of benzene rings is 4. The first kappa shape index (κ1) is 35.3. The van der Waals surface area contributed by atoms with Gasteiger partial charge in [-0.25, -0.2) is 16.8 Å². The molecule has 0 aliphatic heterocycles. The minimum absolute atomic E-state index is 0.0833. The average molecular weight is 615 g/mol. The monoisotopic (exact) mass is 614 g/mol. The number of nitrogens with two attached hydrogens (primary N) is 6. The molecule has 12 nitrogen and oxygen atoms in total. The molecule has 224 valence electrons. The number of hydrogen-bond acceptors (Lipinski definition) is 6. The summed E-state index contributed by atoms with van der Waals surface area (Å²) in [5.41, 5.74) is 24.4. The fourth-order valence-electron chi connectivity index (χ4n) is 3.12. The summed E-state index contributed by atoms with van der Waals surface area (Å²) >= 11 is 0. The largest absolute Gasteiger partial charge is 0.744 e. The predicted octanol–water partition coefficient (Wildman–Crippen LogP) is -0.830. The van der Waals surface area contributed by atoms with E-state index in [4.69, 9.17) is 0 Å². The van der Waals surface area contributed by atoms with Crippen molar-refractivity contribution in [3.05, 3.63) is 108 Å². The minimum Gasteiger partial charge on any atom is -0.744 e. The molecule has 0 aliphatic carbocycles. The third kappa shape index (κ3) is 13.5. The summed E-state index contributed by atoms with van der Waals surface area (Å²) < 4.78 is 64.6. The normalized spacial score (nSPS) is 10.4. The first-order chi connectivity index (χ1) is 19.4. The molecule has 4 rings (SSSR count). The van der Waals surface area contributed by atoms with Crippen molar-refractivity contribution < 1.29 is 36.8 Å². The zero-order valence-electron chi connectivity index (χ0n) is 23.0. The summed E-state index contributed by atoms with van der Waals surface area (Å²) in [4.78, 5) is -0.401. The Labute approximate surface area is 245 Å². The third-order valence-corrected chi connectivity index (χ3v) is 6.75. The molecule has 0 spiro atoms. The summed E-state index contributed by atoms with van der Waals surface area (Å²) in [6, 6.07) is 27.6. The van der Waals surface area contributed by atoms with Gasteiger partial charge in [0.15, 0.2) is 0 Å². The van der Waals surface area contributed by atoms with Crippen molar-refractivity contribution in [1.82, 2.24) is 0 Å². The van der Waals surface area contributed by atoms with Gasteiger partial charge in [-0.15, -0.1) is 0 Å². The number of guanidine groups is 2. The molecule has 0 aromatic heterocycles. The topological polar surface area (TPSA) is 270 Å². The van der Waals surface area contributed by atoms with E-state index in [1.165, 1.54) is 24.3 Å². The first-order valence-corrected chi connectivity index (χ1v) is 14.7. The standard InChI is InChI=1S/2C13H12O3S.2CH5N3/c2*1-10-2-4-11(5-3-10)12-6-8-13(9-7-12)17(14,15)16;2*2-1(3)4/h2*2-9H,1H3,(H,14,15,16);2*(H5,2,3,4). The molecule has 0 saturated carbocycles. The van der Waals surface area contributed by atoms with E-state index in [1.807, 2.05) is 62.4 Å². The lowest BCUT2D eigenvalue weighted by Crippen LogP contribution is -2.51. The van der Waals surface area contributed by atoms with Crippen LogP contribution in [0, 0.1) is 13.8 Å². The summed E-state index contributed by atoms with van der Waals surface area (Å²) in [5, 5.41) is 9.17. The van der Waals surface area contributed by atoms with Crippen molar-refractivity contribution in [2.45, 2.75) is 23.6 Å². The zero-order valence-corrected chi connectivity index (χ0v) is 24.6.